The lowest BCUT2D eigenvalue weighted by Crippen LogP contribution is -2.72. The highest BCUT2D eigenvalue weighted by Crippen LogP contribution is 2.61. The van der Waals surface area contributed by atoms with Gasteiger partial charge < -0.3 is 24.4 Å². The largest absolute Gasteiger partial charge is 0.459 e. The number of fused-ring (bicyclic) bond motifs is 4. The predicted molar refractivity (Wildman–Crippen MR) is 133 cm³/mol. The van der Waals surface area contributed by atoms with Crippen LogP contribution >= 0.6 is 0 Å². The van der Waals surface area contributed by atoms with Crippen molar-refractivity contribution in [2.45, 2.75) is 90.0 Å². The van der Waals surface area contributed by atoms with E-state index >= 15 is 0 Å². The Morgan fingerprint density at radius 3 is 2.37 bits per heavy atom. The average molecular weight is 529 g/mol. The van der Waals surface area contributed by atoms with Gasteiger partial charge in [-0.15, -0.1) is 0 Å². The number of benzene rings is 1. The Hall–Kier alpha value is -2.62. The number of hydrogen-bond donors (Lipinski definition) is 2. The molecule has 0 amide bonds. The van der Waals surface area contributed by atoms with Crippen molar-refractivity contribution in [2.75, 3.05) is 0 Å². The molecule has 3 aliphatic carbocycles. The molecule has 10 atom stereocenters. The normalized spacial score (nSPS) is 43.4. The van der Waals surface area contributed by atoms with Crippen LogP contribution in [0.1, 0.15) is 64.2 Å². The maximum atomic E-state index is 14.2. The quantitative estimate of drug-likeness (QED) is 0.343. The monoisotopic (exact) mass is 528 g/mol. The maximum Gasteiger partial charge on any atom is 0.338 e. The number of carbonyl (C=O) groups excluding carboxylic acids is 4. The third kappa shape index (κ3) is 3.77. The molecule has 1 saturated heterocycles. The Bertz CT molecular complexity index is 1160. The number of ketones is 2. The van der Waals surface area contributed by atoms with Gasteiger partial charge in [-0.2, -0.15) is 0 Å². The SMILES string of the molecule is CC(=O)OC1C2OC2CC(O)C2(C)C(=O)C(=O)C3C(C)CCC(O)(C(OC(=O)c4ccccc4)C12)C3(C)C. The first-order valence-electron chi connectivity index (χ1n) is 13.3. The van der Waals surface area contributed by atoms with Crippen molar-refractivity contribution in [3.8, 4) is 0 Å². The number of esters is 2. The third-order valence-corrected chi connectivity index (χ3v) is 9.92. The third-order valence-electron chi connectivity index (χ3n) is 9.92. The van der Waals surface area contributed by atoms with Crippen LogP contribution in [0, 0.1) is 28.6 Å². The molecule has 9 nitrogen and oxygen atoms in total. The number of carbonyl (C=O) groups is 4. The van der Waals surface area contributed by atoms with Gasteiger partial charge in [0.25, 0.3) is 0 Å². The molecule has 4 fully saturated rings. The summed E-state index contributed by atoms with van der Waals surface area (Å²) in [5.74, 6) is -5.19. The second-order valence-electron chi connectivity index (χ2n) is 12.3. The van der Waals surface area contributed by atoms with Crippen LogP contribution in [-0.4, -0.2) is 69.8 Å². The second kappa shape index (κ2) is 8.96. The minimum absolute atomic E-state index is 0.0375. The van der Waals surface area contributed by atoms with Gasteiger partial charge >= 0.3 is 11.9 Å². The topological polar surface area (TPSA) is 140 Å². The van der Waals surface area contributed by atoms with Crippen LogP contribution in [0.25, 0.3) is 0 Å². The summed E-state index contributed by atoms with van der Waals surface area (Å²) in [7, 11) is 0. The summed E-state index contributed by atoms with van der Waals surface area (Å²) in [6, 6.07) is 8.26. The highest BCUT2D eigenvalue weighted by molar-refractivity contribution is 6.40. The summed E-state index contributed by atoms with van der Waals surface area (Å²) in [6.45, 7) is 7.99. The van der Waals surface area contributed by atoms with Gasteiger partial charge in [0.1, 0.15) is 23.9 Å². The molecular formula is C29H36O9. The second-order valence-corrected chi connectivity index (χ2v) is 12.3. The number of aliphatic hydroxyl groups is 2. The average Bonchev–Trinajstić information content (AvgIpc) is 3.63. The van der Waals surface area contributed by atoms with Crippen molar-refractivity contribution >= 4 is 23.5 Å². The Morgan fingerprint density at radius 1 is 1.08 bits per heavy atom. The van der Waals surface area contributed by atoms with Crippen molar-refractivity contribution in [3.05, 3.63) is 35.9 Å². The molecule has 1 aliphatic heterocycles. The minimum atomic E-state index is -1.81. The maximum absolute atomic E-state index is 14.2. The lowest BCUT2D eigenvalue weighted by molar-refractivity contribution is -0.246. The molecule has 2 N–H and O–H groups in total. The number of Topliss-reactive ketones (excluding diaryl/α,β-unsaturated/α-hetero) is 2. The van der Waals surface area contributed by atoms with Crippen molar-refractivity contribution in [2.24, 2.45) is 28.6 Å². The van der Waals surface area contributed by atoms with E-state index < -0.39 is 82.3 Å². The fraction of sp³-hybridized carbons (Fsp3) is 0.655. The van der Waals surface area contributed by atoms with Crippen LogP contribution < -0.4 is 0 Å². The van der Waals surface area contributed by atoms with Gasteiger partial charge in [0.05, 0.1) is 29.1 Å². The summed E-state index contributed by atoms with van der Waals surface area (Å²) in [4.78, 5) is 54.0. The first-order valence-corrected chi connectivity index (χ1v) is 13.3. The molecule has 0 radical (unpaired) electrons. The molecule has 9 heteroatoms. The molecule has 10 unspecified atom stereocenters. The van der Waals surface area contributed by atoms with E-state index in [0.29, 0.717) is 6.42 Å². The zero-order valence-corrected chi connectivity index (χ0v) is 22.4. The molecule has 1 heterocycles. The van der Waals surface area contributed by atoms with Gasteiger partial charge in [0.15, 0.2) is 0 Å². The van der Waals surface area contributed by atoms with Gasteiger partial charge in [0, 0.05) is 24.7 Å². The predicted octanol–water partition coefficient (Wildman–Crippen LogP) is 2.25. The van der Waals surface area contributed by atoms with Crippen molar-refractivity contribution in [1.29, 1.82) is 0 Å². The van der Waals surface area contributed by atoms with E-state index in [1.807, 2.05) is 6.92 Å². The Balaban J connectivity index is 1.76. The minimum Gasteiger partial charge on any atom is -0.459 e. The smallest absolute Gasteiger partial charge is 0.338 e. The summed E-state index contributed by atoms with van der Waals surface area (Å²) in [5, 5.41) is 24.1. The molecule has 38 heavy (non-hydrogen) atoms. The number of rotatable bonds is 3. The van der Waals surface area contributed by atoms with Gasteiger partial charge in [-0.05, 0) is 37.8 Å². The summed E-state index contributed by atoms with van der Waals surface area (Å²) < 4.78 is 17.7. The summed E-state index contributed by atoms with van der Waals surface area (Å²) >= 11 is 0. The van der Waals surface area contributed by atoms with Gasteiger partial charge in [-0.25, -0.2) is 4.79 Å². The van der Waals surface area contributed by atoms with E-state index in [-0.39, 0.29) is 24.3 Å². The molecule has 0 spiro atoms. The molecule has 206 valence electrons. The van der Waals surface area contributed by atoms with Crippen LogP contribution in [0.4, 0.5) is 0 Å². The fourth-order valence-electron chi connectivity index (χ4n) is 7.63. The van der Waals surface area contributed by atoms with E-state index in [1.165, 1.54) is 13.8 Å². The Kier molecular flexibility index (Phi) is 6.36. The van der Waals surface area contributed by atoms with Crippen molar-refractivity contribution in [3.63, 3.8) is 0 Å². The molecular weight excluding hydrogens is 492 g/mol. The van der Waals surface area contributed by atoms with Crippen molar-refractivity contribution in [1.82, 2.24) is 0 Å². The number of hydrogen-bond acceptors (Lipinski definition) is 9. The van der Waals surface area contributed by atoms with E-state index in [4.69, 9.17) is 14.2 Å². The highest BCUT2D eigenvalue weighted by atomic mass is 16.6. The highest BCUT2D eigenvalue weighted by Gasteiger charge is 2.74. The van der Waals surface area contributed by atoms with Gasteiger partial charge in [-0.3, -0.25) is 14.4 Å². The Labute approximate surface area is 221 Å². The van der Waals surface area contributed by atoms with E-state index in [1.54, 1.807) is 44.2 Å². The zero-order chi connectivity index (χ0) is 27.8. The van der Waals surface area contributed by atoms with Crippen LogP contribution in [0.15, 0.2) is 30.3 Å². The van der Waals surface area contributed by atoms with Crippen LogP contribution in [0.3, 0.4) is 0 Å². The van der Waals surface area contributed by atoms with Gasteiger partial charge in [0.2, 0.25) is 11.6 Å². The summed E-state index contributed by atoms with van der Waals surface area (Å²) in [5.41, 5.74) is -4.55. The molecule has 4 aliphatic rings. The molecule has 0 aromatic heterocycles. The first kappa shape index (κ1) is 27.0. The van der Waals surface area contributed by atoms with E-state index in [2.05, 4.69) is 0 Å². The molecule has 5 rings (SSSR count). The standard InChI is InChI=1S/C29H36O9/c1-14-11-12-29(35)25(38-26(34)16-9-7-6-8-10-16)20-23(36-15(2)30)22-17(37-22)13-18(31)28(20,5)24(33)21(32)19(14)27(29,3)4/h6-10,14,17-20,22-23,25,31,35H,11-13H2,1-5H3. The van der Waals surface area contributed by atoms with E-state index in [9.17, 15) is 29.4 Å². The van der Waals surface area contributed by atoms with Gasteiger partial charge in [-0.1, -0.05) is 39.0 Å². The number of aliphatic hydroxyl groups excluding tert-OH is 1. The number of ether oxygens (including phenoxy) is 3. The van der Waals surface area contributed by atoms with Crippen molar-refractivity contribution < 1.29 is 43.6 Å². The van der Waals surface area contributed by atoms with Crippen LogP contribution in [-0.2, 0) is 28.6 Å². The van der Waals surface area contributed by atoms with Crippen LogP contribution in [0.5, 0.6) is 0 Å². The fourth-order valence-corrected chi connectivity index (χ4v) is 7.63. The lowest BCUT2D eigenvalue weighted by Gasteiger charge is -2.60. The molecule has 3 saturated carbocycles. The molecule has 2 bridgehead atoms. The first-order chi connectivity index (χ1) is 17.7. The lowest BCUT2D eigenvalue weighted by atomic mass is 9.46. The summed E-state index contributed by atoms with van der Waals surface area (Å²) in [6.07, 6.45) is -4.45. The van der Waals surface area contributed by atoms with E-state index in [0.717, 1.165) is 0 Å². The van der Waals surface area contributed by atoms with Crippen LogP contribution in [0.2, 0.25) is 0 Å². The molecule has 1 aromatic rings. The zero-order valence-electron chi connectivity index (χ0n) is 22.4. The number of epoxide rings is 1. The Morgan fingerprint density at radius 2 is 1.74 bits per heavy atom. The molecule has 1 aromatic carbocycles.